The Balaban J connectivity index is 0.000000149. The van der Waals surface area contributed by atoms with Gasteiger partial charge in [0.25, 0.3) is 0 Å². The number of hydrogen-bond donors (Lipinski definition) is 3. The number of fused-ring (bicyclic) bond motifs is 6. The van der Waals surface area contributed by atoms with E-state index < -0.39 is 11.6 Å². The van der Waals surface area contributed by atoms with Gasteiger partial charge in [0.05, 0.1) is 28.5 Å². The second-order valence-corrected chi connectivity index (χ2v) is 17.5. The van der Waals surface area contributed by atoms with Crippen molar-refractivity contribution in [3.63, 3.8) is 0 Å². The molecular weight excluding hydrogens is 841 g/mol. The molecule has 340 valence electrons. The molecule has 4 fully saturated rings. The fraction of sp³-hybridized carbons (Fsp3) is 0.347. The van der Waals surface area contributed by atoms with Crippen LogP contribution in [0.4, 0.5) is 11.6 Å². The molecule has 4 aliphatic heterocycles. The molecule has 8 aromatic rings. The van der Waals surface area contributed by atoms with Gasteiger partial charge in [-0.1, -0.05) is 48.6 Å². The summed E-state index contributed by atoms with van der Waals surface area (Å²) >= 11 is 0. The van der Waals surface area contributed by atoms with E-state index in [1.165, 1.54) is 18.2 Å². The molecule has 5 N–H and O–H groups in total. The molecule has 0 saturated carbocycles. The molecule has 2 aromatic carbocycles. The molecule has 17 nitrogen and oxygen atoms in total. The fourth-order valence-corrected chi connectivity index (χ4v) is 9.52. The van der Waals surface area contributed by atoms with Crippen LogP contribution in [0, 0.1) is 0 Å². The number of pyridine rings is 2. The van der Waals surface area contributed by atoms with E-state index in [0.29, 0.717) is 11.6 Å². The van der Waals surface area contributed by atoms with Gasteiger partial charge in [-0.05, 0) is 100 Å². The van der Waals surface area contributed by atoms with Crippen molar-refractivity contribution in [3.8, 4) is 0 Å². The van der Waals surface area contributed by atoms with Crippen molar-refractivity contribution in [2.45, 2.75) is 101 Å². The SMILES string of the molecule is CC1(C)O[C@@H]2[C@H](O1)[C@@H](/C=C/c1ccc3cccnc3c1)O[C@H]2c1ccc2c(N)ncnn12.CC1(C)O[C@@H]2[C@H](O1)[C@@H](CCc1ccc3cccnc3c1)O[C@H]2c1ccc2c(N)ncnn12.CO. The minimum Gasteiger partial charge on any atom is -0.400 e. The van der Waals surface area contributed by atoms with Crippen molar-refractivity contribution in [1.29, 1.82) is 0 Å². The van der Waals surface area contributed by atoms with Crippen molar-refractivity contribution in [2.24, 2.45) is 0 Å². The Morgan fingerprint density at radius 3 is 1.80 bits per heavy atom. The Morgan fingerprint density at radius 2 is 1.17 bits per heavy atom. The third kappa shape index (κ3) is 8.23. The van der Waals surface area contributed by atoms with E-state index in [0.717, 1.165) is 69.7 Å². The molecule has 0 aliphatic carbocycles. The average molecular weight is 893 g/mol. The summed E-state index contributed by atoms with van der Waals surface area (Å²) in [4.78, 5) is 17.1. The van der Waals surface area contributed by atoms with Gasteiger partial charge in [-0.25, -0.2) is 19.0 Å². The lowest BCUT2D eigenvalue weighted by Gasteiger charge is -2.24. The highest BCUT2D eigenvalue weighted by atomic mass is 16.8. The molecule has 12 rings (SSSR count). The summed E-state index contributed by atoms with van der Waals surface area (Å²) in [5.74, 6) is -0.502. The average Bonchev–Trinajstić information content (AvgIpc) is 4.18. The maximum Gasteiger partial charge on any atom is 0.164 e. The molecule has 4 aliphatic rings. The number of rotatable bonds is 7. The van der Waals surface area contributed by atoms with Gasteiger partial charge in [0.2, 0.25) is 0 Å². The lowest BCUT2D eigenvalue weighted by atomic mass is 10.00. The summed E-state index contributed by atoms with van der Waals surface area (Å²) in [6, 6.07) is 28.4. The van der Waals surface area contributed by atoms with Gasteiger partial charge in [0.1, 0.15) is 66.4 Å². The molecule has 0 radical (unpaired) electrons. The Bertz CT molecular complexity index is 3060. The molecule has 66 heavy (non-hydrogen) atoms. The number of ether oxygens (including phenoxy) is 6. The van der Waals surface area contributed by atoms with Crippen LogP contribution in [0.15, 0.2) is 116 Å². The third-order valence-corrected chi connectivity index (χ3v) is 12.3. The van der Waals surface area contributed by atoms with E-state index in [4.69, 9.17) is 45.0 Å². The predicted octanol–water partition coefficient (Wildman–Crippen LogP) is 6.59. The number of nitrogens with two attached hydrogens (primary N) is 2. The maximum atomic E-state index is 7.00. The zero-order valence-electron chi connectivity index (χ0n) is 37.2. The van der Waals surface area contributed by atoms with Gasteiger partial charge in [0.15, 0.2) is 23.2 Å². The molecule has 0 spiro atoms. The van der Waals surface area contributed by atoms with Gasteiger partial charge in [-0.2, -0.15) is 10.2 Å². The highest BCUT2D eigenvalue weighted by molar-refractivity contribution is 5.81. The second kappa shape index (κ2) is 17.4. The summed E-state index contributed by atoms with van der Waals surface area (Å²) in [7, 11) is 1.00. The predicted molar refractivity (Wildman–Crippen MR) is 247 cm³/mol. The number of benzene rings is 2. The van der Waals surface area contributed by atoms with Crippen LogP contribution in [0.5, 0.6) is 0 Å². The molecule has 8 atom stereocenters. The zero-order chi connectivity index (χ0) is 45.7. The van der Waals surface area contributed by atoms with Crippen LogP contribution in [0.2, 0.25) is 0 Å². The summed E-state index contributed by atoms with van der Waals surface area (Å²) in [5.41, 5.74) is 19.5. The van der Waals surface area contributed by atoms with Crippen LogP contribution in [0.3, 0.4) is 0 Å². The van der Waals surface area contributed by atoms with E-state index in [2.05, 4.69) is 78.7 Å². The molecule has 4 saturated heterocycles. The first-order valence-electron chi connectivity index (χ1n) is 22.0. The number of aliphatic hydroxyl groups excluding tert-OH is 1. The van der Waals surface area contributed by atoms with Crippen molar-refractivity contribution in [1.82, 2.24) is 39.2 Å². The zero-order valence-corrected chi connectivity index (χ0v) is 37.2. The molecule has 10 heterocycles. The molecular formula is C49H52N10O7. The lowest BCUT2D eigenvalue weighted by molar-refractivity contribution is -0.188. The number of aliphatic hydroxyl groups is 1. The first kappa shape index (κ1) is 43.5. The number of hydrogen-bond acceptors (Lipinski definition) is 15. The van der Waals surface area contributed by atoms with Crippen molar-refractivity contribution < 1.29 is 33.5 Å². The summed E-state index contributed by atoms with van der Waals surface area (Å²) < 4.78 is 41.6. The largest absolute Gasteiger partial charge is 0.400 e. The van der Waals surface area contributed by atoms with Crippen molar-refractivity contribution in [2.75, 3.05) is 18.6 Å². The van der Waals surface area contributed by atoms with Crippen LogP contribution in [0.25, 0.3) is 38.9 Å². The number of aryl methyl sites for hydroxylation is 1. The Labute approximate surface area is 380 Å². The summed E-state index contributed by atoms with van der Waals surface area (Å²) in [6.45, 7) is 7.75. The lowest BCUT2D eigenvalue weighted by Crippen LogP contribution is -2.29. The second-order valence-electron chi connectivity index (χ2n) is 17.5. The summed E-state index contributed by atoms with van der Waals surface area (Å²) in [5, 5.41) is 18.0. The number of nitrogens with zero attached hydrogens (tertiary/aromatic N) is 8. The Morgan fingerprint density at radius 1 is 0.621 bits per heavy atom. The van der Waals surface area contributed by atoms with E-state index in [9.17, 15) is 0 Å². The van der Waals surface area contributed by atoms with E-state index in [1.54, 1.807) is 15.2 Å². The van der Waals surface area contributed by atoms with E-state index in [1.807, 2.05) is 82.4 Å². The van der Waals surface area contributed by atoms with Crippen LogP contribution >= 0.6 is 0 Å². The molecule has 0 amide bonds. The molecule has 0 bridgehead atoms. The van der Waals surface area contributed by atoms with Crippen LogP contribution < -0.4 is 11.5 Å². The van der Waals surface area contributed by atoms with Crippen LogP contribution in [-0.2, 0) is 34.8 Å². The van der Waals surface area contributed by atoms with Gasteiger partial charge in [0, 0.05) is 30.3 Å². The Hall–Kier alpha value is -6.44. The number of aromatic nitrogens is 8. The minimum absolute atomic E-state index is 0.101. The first-order valence-corrected chi connectivity index (χ1v) is 22.0. The van der Waals surface area contributed by atoms with Crippen molar-refractivity contribution >= 4 is 50.6 Å². The quantitative estimate of drug-likeness (QED) is 0.154. The molecule has 0 unspecified atom stereocenters. The van der Waals surface area contributed by atoms with E-state index >= 15 is 0 Å². The van der Waals surface area contributed by atoms with Crippen LogP contribution in [0.1, 0.15) is 68.8 Å². The van der Waals surface area contributed by atoms with Gasteiger partial charge in [-0.3, -0.25) is 9.97 Å². The number of anilines is 2. The van der Waals surface area contributed by atoms with Gasteiger partial charge < -0.3 is 45.0 Å². The highest BCUT2D eigenvalue weighted by Gasteiger charge is 2.57. The van der Waals surface area contributed by atoms with Gasteiger partial charge in [-0.15, -0.1) is 0 Å². The molecule has 17 heteroatoms. The van der Waals surface area contributed by atoms with Gasteiger partial charge >= 0.3 is 0 Å². The fourth-order valence-electron chi connectivity index (χ4n) is 9.52. The van der Waals surface area contributed by atoms with E-state index in [-0.39, 0.29) is 48.8 Å². The van der Waals surface area contributed by atoms with Crippen LogP contribution in [-0.4, -0.2) is 99.6 Å². The normalized spacial score (nSPS) is 26.1. The number of nitrogen functional groups attached to an aromatic ring is 2. The monoisotopic (exact) mass is 892 g/mol. The molecule has 6 aromatic heterocycles. The smallest absolute Gasteiger partial charge is 0.164 e. The van der Waals surface area contributed by atoms with Crippen molar-refractivity contribution in [3.05, 3.63) is 139 Å². The standard InChI is InChI=1S/C24H25N5O3.C24H23N5O3.CH4O/c2*1-24(2)31-21-19(10-6-14-5-7-15-4-3-11-26-16(15)12-14)30-20(22(21)32-24)17-8-9-18-23(25)27-13-28-29(17)18;1-2/h3-5,7-9,11-13,19-22H,6,10H2,1-2H3,(H2,25,27,28);3-13,19-22H,1-2H3,(H2,25,27,28);2H,1H3/b;10-6+;/t2*19-,20+,21-,22+;/m11./s1. The highest BCUT2D eigenvalue weighted by Crippen LogP contribution is 2.48. The first-order chi connectivity index (χ1) is 32.0. The maximum absolute atomic E-state index is 7.00. The summed E-state index contributed by atoms with van der Waals surface area (Å²) in [6.07, 6.45) is 10.4. The topological polar surface area (TPSA) is 214 Å². The minimum atomic E-state index is -0.697. The third-order valence-electron chi connectivity index (χ3n) is 12.3. The Kier molecular flexibility index (Phi) is 11.5.